The first kappa shape index (κ1) is 25.2. The van der Waals surface area contributed by atoms with E-state index in [0.717, 1.165) is 6.92 Å². The van der Waals surface area contributed by atoms with Gasteiger partial charge < -0.3 is 20.5 Å². The van der Waals surface area contributed by atoms with Gasteiger partial charge in [-0.1, -0.05) is 62.2 Å². The Morgan fingerprint density at radius 2 is 1.76 bits per heavy atom. The van der Waals surface area contributed by atoms with Crippen LogP contribution in [0.3, 0.4) is 0 Å². The number of aliphatic carboxylic acids is 1. The fourth-order valence-electron chi connectivity index (χ4n) is 3.82. The monoisotopic (exact) mass is 492 g/mol. The number of rotatable bonds is 5. The van der Waals surface area contributed by atoms with Gasteiger partial charge in [0, 0.05) is 33.4 Å². The van der Waals surface area contributed by atoms with E-state index in [1.807, 2.05) is 20.8 Å². The van der Waals surface area contributed by atoms with Gasteiger partial charge in [0.05, 0.1) is 0 Å². The van der Waals surface area contributed by atoms with Gasteiger partial charge in [0.1, 0.15) is 6.10 Å². The molecular formula is C24H26Cl2N2O5. The quantitative estimate of drug-likeness (QED) is 0.604. The molecule has 3 rings (SSSR count). The van der Waals surface area contributed by atoms with Crippen molar-refractivity contribution in [1.29, 1.82) is 0 Å². The third-order valence-electron chi connectivity index (χ3n) is 5.50. The summed E-state index contributed by atoms with van der Waals surface area (Å²) in [5.74, 6) is -3.31. The highest BCUT2D eigenvalue weighted by molar-refractivity contribution is 6.31. The molecule has 0 aliphatic carbocycles. The second kappa shape index (κ2) is 9.06. The second-order valence-electron chi connectivity index (χ2n) is 9.34. The van der Waals surface area contributed by atoms with Gasteiger partial charge in [-0.05, 0) is 36.6 Å². The predicted molar refractivity (Wildman–Crippen MR) is 127 cm³/mol. The summed E-state index contributed by atoms with van der Waals surface area (Å²) < 4.78 is 6.14. The summed E-state index contributed by atoms with van der Waals surface area (Å²) >= 11 is 12.8. The number of nitrogens with zero attached hydrogens (tertiary/aromatic N) is 1. The molecule has 1 aliphatic rings. The van der Waals surface area contributed by atoms with E-state index in [1.54, 1.807) is 42.5 Å². The summed E-state index contributed by atoms with van der Waals surface area (Å²) in [6.45, 7) is 7.03. The summed E-state index contributed by atoms with van der Waals surface area (Å²) in [6, 6.07) is 11.8. The largest absolute Gasteiger partial charge is 0.479 e. The average Bonchev–Trinajstić information content (AvgIpc) is 2.82. The van der Waals surface area contributed by atoms with Crippen molar-refractivity contribution in [3.8, 4) is 0 Å². The van der Waals surface area contributed by atoms with Crippen molar-refractivity contribution in [2.45, 2.75) is 45.4 Å². The van der Waals surface area contributed by atoms with Gasteiger partial charge in [-0.15, -0.1) is 0 Å². The maximum atomic E-state index is 13.8. The molecule has 3 N–H and O–H groups in total. The van der Waals surface area contributed by atoms with E-state index >= 15 is 0 Å². The predicted octanol–water partition coefficient (Wildman–Crippen LogP) is 4.23. The number of carboxylic acid groups (broad SMARTS) is 1. The van der Waals surface area contributed by atoms with E-state index in [0.29, 0.717) is 26.9 Å². The summed E-state index contributed by atoms with van der Waals surface area (Å²) in [6.07, 6.45) is -2.82. The lowest BCUT2D eigenvalue weighted by molar-refractivity contribution is -0.162. The van der Waals surface area contributed by atoms with Gasteiger partial charge in [0.25, 0.3) is 5.91 Å². The molecule has 2 aromatic carbocycles. The standard InChI is InChI=1S/C24H26Cl2N2O5/c1-13(29)24(27,22(31)32)20-21(30)28(12-23(2,3)4)18-10-9-14(25)11-16(18)19(33-20)15-7-5-6-8-17(15)26/h5-11,19-20H,12,27H2,1-4H3,(H,31,32)/t19-,20+,24?/m0/s1. The number of carbonyl (C=O) groups excluding carboxylic acids is 2. The first-order chi connectivity index (χ1) is 15.3. The number of benzene rings is 2. The summed E-state index contributed by atoms with van der Waals surface area (Å²) in [4.78, 5) is 39.9. The normalized spacial score (nSPS) is 20.6. The number of anilines is 1. The Morgan fingerprint density at radius 1 is 1.12 bits per heavy atom. The number of fused-ring (bicyclic) bond motifs is 1. The Balaban J connectivity index is 2.35. The molecule has 1 heterocycles. The van der Waals surface area contributed by atoms with Gasteiger partial charge in [0.15, 0.2) is 11.9 Å². The molecule has 1 amide bonds. The van der Waals surface area contributed by atoms with Crippen LogP contribution in [0, 0.1) is 5.41 Å². The summed E-state index contributed by atoms with van der Waals surface area (Å²) in [5.41, 5.74) is 4.58. The molecule has 3 atom stereocenters. The lowest BCUT2D eigenvalue weighted by atomic mass is 9.87. The number of carboxylic acids is 1. The number of halogens is 2. The molecule has 33 heavy (non-hydrogen) atoms. The topological polar surface area (TPSA) is 110 Å². The number of amides is 1. The molecule has 1 unspecified atom stereocenters. The number of carbonyl (C=O) groups is 3. The molecule has 0 saturated carbocycles. The van der Waals surface area contributed by atoms with Crippen LogP contribution in [0.1, 0.15) is 44.9 Å². The molecule has 1 aliphatic heterocycles. The molecular weight excluding hydrogens is 467 g/mol. The minimum Gasteiger partial charge on any atom is -0.479 e. The van der Waals surface area contributed by atoms with E-state index in [4.69, 9.17) is 33.7 Å². The molecule has 0 aromatic heterocycles. The van der Waals surface area contributed by atoms with Crippen molar-refractivity contribution in [3.05, 3.63) is 63.6 Å². The third kappa shape index (κ3) is 4.77. The first-order valence-electron chi connectivity index (χ1n) is 10.3. The lowest BCUT2D eigenvalue weighted by Crippen LogP contribution is -2.67. The Morgan fingerprint density at radius 3 is 2.30 bits per heavy atom. The zero-order chi connectivity index (χ0) is 24.7. The molecule has 0 spiro atoms. The van der Waals surface area contributed by atoms with Crippen LogP contribution in [0.4, 0.5) is 5.69 Å². The Labute approximate surface area is 202 Å². The highest BCUT2D eigenvalue weighted by atomic mass is 35.5. The van der Waals surface area contributed by atoms with Gasteiger partial charge in [-0.2, -0.15) is 0 Å². The van der Waals surface area contributed by atoms with Crippen LogP contribution in [0.15, 0.2) is 42.5 Å². The smallest absolute Gasteiger partial charge is 0.334 e. The maximum absolute atomic E-state index is 13.8. The van der Waals surface area contributed by atoms with Crippen LogP contribution in [-0.4, -0.2) is 41.0 Å². The molecule has 176 valence electrons. The Hall–Kier alpha value is -2.45. The number of hydrogen-bond acceptors (Lipinski definition) is 5. The zero-order valence-corrected chi connectivity index (χ0v) is 20.3. The first-order valence-corrected chi connectivity index (χ1v) is 11.1. The molecule has 0 saturated heterocycles. The average molecular weight is 493 g/mol. The fraction of sp³-hybridized carbons (Fsp3) is 0.375. The van der Waals surface area contributed by atoms with E-state index < -0.39 is 35.4 Å². The molecule has 0 fully saturated rings. The van der Waals surface area contributed by atoms with E-state index in [-0.39, 0.29) is 12.0 Å². The summed E-state index contributed by atoms with van der Waals surface area (Å²) in [5, 5.41) is 10.6. The number of ketones is 1. The van der Waals surface area contributed by atoms with Gasteiger partial charge in [0.2, 0.25) is 5.54 Å². The minimum atomic E-state index is -2.61. The molecule has 9 heteroatoms. The number of Topliss-reactive ketones (excluding diaryl/α,β-unsaturated/α-hetero) is 1. The van der Waals surface area contributed by atoms with Gasteiger partial charge >= 0.3 is 5.97 Å². The van der Waals surface area contributed by atoms with E-state index in [2.05, 4.69) is 0 Å². The van der Waals surface area contributed by atoms with Crippen molar-refractivity contribution in [2.75, 3.05) is 11.4 Å². The number of hydrogen-bond donors (Lipinski definition) is 2. The molecule has 2 aromatic rings. The van der Waals surface area contributed by atoms with Crippen molar-refractivity contribution >= 4 is 46.5 Å². The van der Waals surface area contributed by atoms with Crippen LogP contribution in [0.25, 0.3) is 0 Å². The summed E-state index contributed by atoms with van der Waals surface area (Å²) in [7, 11) is 0. The third-order valence-corrected chi connectivity index (χ3v) is 6.07. The Kier molecular flexibility index (Phi) is 6.92. The van der Waals surface area contributed by atoms with Crippen molar-refractivity contribution in [1.82, 2.24) is 0 Å². The fourth-order valence-corrected chi connectivity index (χ4v) is 4.24. The van der Waals surface area contributed by atoms with E-state index in [1.165, 1.54) is 4.90 Å². The molecule has 0 bridgehead atoms. The van der Waals surface area contributed by atoms with Crippen LogP contribution in [0.5, 0.6) is 0 Å². The minimum absolute atomic E-state index is 0.211. The van der Waals surface area contributed by atoms with Gasteiger partial charge in [-0.3, -0.25) is 9.59 Å². The van der Waals surface area contributed by atoms with Crippen LogP contribution in [0.2, 0.25) is 10.0 Å². The zero-order valence-electron chi connectivity index (χ0n) is 18.8. The highest BCUT2D eigenvalue weighted by Gasteiger charge is 2.55. The lowest BCUT2D eigenvalue weighted by Gasteiger charge is -2.35. The van der Waals surface area contributed by atoms with Crippen molar-refractivity contribution < 1.29 is 24.2 Å². The van der Waals surface area contributed by atoms with Gasteiger partial charge in [-0.25, -0.2) is 4.79 Å². The molecule has 0 radical (unpaired) electrons. The van der Waals surface area contributed by atoms with Crippen LogP contribution >= 0.6 is 23.2 Å². The van der Waals surface area contributed by atoms with Crippen LogP contribution in [-0.2, 0) is 19.1 Å². The maximum Gasteiger partial charge on any atom is 0.334 e. The van der Waals surface area contributed by atoms with E-state index in [9.17, 15) is 19.5 Å². The van der Waals surface area contributed by atoms with Crippen molar-refractivity contribution in [3.63, 3.8) is 0 Å². The molecule has 7 nitrogen and oxygen atoms in total. The van der Waals surface area contributed by atoms with Crippen molar-refractivity contribution in [2.24, 2.45) is 11.1 Å². The second-order valence-corrected chi connectivity index (χ2v) is 10.2. The Bertz CT molecular complexity index is 1100. The number of nitrogens with two attached hydrogens (primary N) is 1. The van der Waals surface area contributed by atoms with Crippen LogP contribution < -0.4 is 10.6 Å². The highest BCUT2D eigenvalue weighted by Crippen LogP contribution is 2.43. The number of ether oxygens (including phenoxy) is 1. The SMILES string of the molecule is CC(=O)C(N)(C(=O)O)[C@@H]1O[C@@H](c2ccccc2Cl)c2cc(Cl)ccc2N(CC(C)(C)C)C1=O.